The molecule has 1 N–H and O–H groups in total. The number of hydrogen-bond donors (Lipinski definition) is 1. The highest BCUT2D eigenvalue weighted by Crippen LogP contribution is 2.35. The van der Waals surface area contributed by atoms with Crippen molar-refractivity contribution in [1.29, 1.82) is 0 Å². The minimum atomic E-state index is -0.576. The van der Waals surface area contributed by atoms with E-state index in [4.69, 9.17) is 14.5 Å². The van der Waals surface area contributed by atoms with Gasteiger partial charge in [-0.3, -0.25) is 14.5 Å². The fourth-order valence-electron chi connectivity index (χ4n) is 3.58. The van der Waals surface area contributed by atoms with Gasteiger partial charge < -0.3 is 14.8 Å². The van der Waals surface area contributed by atoms with Crippen LogP contribution in [-0.2, 0) is 16.1 Å². The smallest absolute Gasteiger partial charge is 0.238 e. The Morgan fingerprint density at radius 2 is 1.73 bits per heavy atom. The molecule has 1 saturated heterocycles. The van der Waals surface area contributed by atoms with Crippen LogP contribution in [0.3, 0.4) is 0 Å². The number of aliphatic imine (C=N–C) groups is 1. The van der Waals surface area contributed by atoms with Gasteiger partial charge >= 0.3 is 0 Å². The largest absolute Gasteiger partial charge is 0.454 e. The van der Waals surface area contributed by atoms with E-state index in [1.807, 2.05) is 78.9 Å². The van der Waals surface area contributed by atoms with Crippen LogP contribution in [0.25, 0.3) is 0 Å². The second-order valence-electron chi connectivity index (χ2n) is 7.56. The third-order valence-corrected chi connectivity index (χ3v) is 6.42. The van der Waals surface area contributed by atoms with Gasteiger partial charge in [-0.25, -0.2) is 4.99 Å². The molecule has 3 aromatic rings. The molecule has 0 radical (unpaired) electrons. The van der Waals surface area contributed by atoms with E-state index in [0.29, 0.717) is 34.6 Å². The Balaban J connectivity index is 1.40. The van der Waals surface area contributed by atoms with Crippen molar-refractivity contribution in [2.24, 2.45) is 4.99 Å². The number of nitrogens with one attached hydrogen (secondary N) is 1. The molecule has 0 aliphatic carbocycles. The molecule has 33 heavy (non-hydrogen) atoms. The van der Waals surface area contributed by atoms with E-state index >= 15 is 0 Å². The highest BCUT2D eigenvalue weighted by Gasteiger charge is 2.36. The van der Waals surface area contributed by atoms with E-state index in [2.05, 4.69) is 5.32 Å². The number of carbonyl (C=O) groups is 2. The maximum absolute atomic E-state index is 13.2. The lowest BCUT2D eigenvalue weighted by Crippen LogP contribution is -2.44. The lowest BCUT2D eigenvalue weighted by Gasteiger charge is -2.32. The number of nitrogens with zero attached hydrogens (tertiary/aromatic N) is 2. The van der Waals surface area contributed by atoms with Gasteiger partial charge in [0, 0.05) is 12.1 Å². The van der Waals surface area contributed by atoms with Crippen LogP contribution >= 0.6 is 11.8 Å². The standard InChI is InChI=1S/C25H21N3O4S/c29-23-14-22(24(30)26-18-7-3-1-4-8-18)33-25(27-19-9-5-2-6-10-19)28(23)15-17-11-12-20-21(13-17)32-16-31-20/h1-13,22H,14-16H2,(H,26,30). The molecule has 0 spiro atoms. The van der Waals surface area contributed by atoms with Crippen LogP contribution < -0.4 is 14.8 Å². The number of para-hydroxylation sites is 2. The third-order valence-electron chi connectivity index (χ3n) is 5.23. The van der Waals surface area contributed by atoms with Gasteiger partial charge in [-0.15, -0.1) is 0 Å². The topological polar surface area (TPSA) is 80.2 Å². The Bertz CT molecular complexity index is 1200. The SMILES string of the molecule is O=C(Nc1ccccc1)C1CC(=O)N(Cc2ccc3c(c2)OCO3)C(=Nc2ccccc2)S1. The van der Waals surface area contributed by atoms with Gasteiger partial charge in [0.1, 0.15) is 5.25 Å². The van der Waals surface area contributed by atoms with Gasteiger partial charge in [0.2, 0.25) is 18.6 Å². The van der Waals surface area contributed by atoms with Crippen LogP contribution in [-0.4, -0.2) is 33.9 Å². The molecule has 3 aromatic carbocycles. The van der Waals surface area contributed by atoms with Gasteiger partial charge in [-0.1, -0.05) is 54.2 Å². The number of rotatable bonds is 5. The van der Waals surface area contributed by atoms with E-state index in [-0.39, 0.29) is 25.0 Å². The fraction of sp³-hybridized carbons (Fsp3) is 0.160. The maximum Gasteiger partial charge on any atom is 0.238 e. The number of amides is 2. The zero-order valence-corrected chi connectivity index (χ0v) is 18.5. The summed E-state index contributed by atoms with van der Waals surface area (Å²) in [4.78, 5) is 32.4. The van der Waals surface area contributed by atoms with Gasteiger partial charge in [0.15, 0.2) is 16.7 Å². The van der Waals surface area contributed by atoms with Crippen molar-refractivity contribution in [3.8, 4) is 11.5 Å². The van der Waals surface area contributed by atoms with Crippen LogP contribution in [0.15, 0.2) is 83.9 Å². The number of ether oxygens (including phenoxy) is 2. The third kappa shape index (κ3) is 4.85. The Morgan fingerprint density at radius 3 is 2.52 bits per heavy atom. The summed E-state index contributed by atoms with van der Waals surface area (Å²) in [5.74, 6) is 0.970. The Kier molecular flexibility index (Phi) is 5.99. The average Bonchev–Trinajstić information content (AvgIpc) is 3.30. The van der Waals surface area contributed by atoms with E-state index in [1.165, 1.54) is 11.8 Å². The van der Waals surface area contributed by atoms with E-state index < -0.39 is 5.25 Å². The summed E-state index contributed by atoms with van der Waals surface area (Å²) in [6.07, 6.45) is 0.0850. The highest BCUT2D eigenvalue weighted by atomic mass is 32.2. The maximum atomic E-state index is 13.2. The Labute approximate surface area is 195 Å². The summed E-state index contributed by atoms with van der Waals surface area (Å²) < 4.78 is 10.8. The van der Waals surface area contributed by atoms with E-state index in [1.54, 1.807) is 4.90 Å². The molecule has 2 aliphatic rings. The zero-order valence-electron chi connectivity index (χ0n) is 17.6. The van der Waals surface area contributed by atoms with Crippen LogP contribution in [0.1, 0.15) is 12.0 Å². The summed E-state index contributed by atoms with van der Waals surface area (Å²) in [5.41, 5.74) is 2.30. The van der Waals surface area contributed by atoms with Gasteiger partial charge in [0.05, 0.1) is 12.2 Å². The number of benzene rings is 3. The summed E-state index contributed by atoms with van der Waals surface area (Å²) >= 11 is 1.30. The predicted molar refractivity (Wildman–Crippen MR) is 128 cm³/mol. The summed E-state index contributed by atoms with van der Waals surface area (Å²) in [5, 5.41) is 2.81. The van der Waals surface area contributed by atoms with Crippen molar-refractivity contribution in [1.82, 2.24) is 4.90 Å². The minimum Gasteiger partial charge on any atom is -0.454 e. The summed E-state index contributed by atoms with van der Waals surface area (Å²) in [6.45, 7) is 0.511. The number of hydrogen-bond acceptors (Lipinski definition) is 6. The van der Waals surface area contributed by atoms with Crippen molar-refractivity contribution in [2.45, 2.75) is 18.2 Å². The number of anilines is 1. The molecule has 0 saturated carbocycles. The number of thioether (sulfide) groups is 1. The molecule has 7 nitrogen and oxygen atoms in total. The number of amidine groups is 1. The quantitative estimate of drug-likeness (QED) is 0.604. The molecular weight excluding hydrogens is 438 g/mol. The van der Waals surface area contributed by atoms with Crippen molar-refractivity contribution >= 4 is 40.1 Å². The molecule has 8 heteroatoms. The first kappa shape index (κ1) is 21.1. The molecule has 2 heterocycles. The van der Waals surface area contributed by atoms with Gasteiger partial charge in [-0.05, 0) is 42.0 Å². The van der Waals surface area contributed by atoms with Crippen molar-refractivity contribution in [3.05, 3.63) is 84.4 Å². The molecule has 0 aromatic heterocycles. The van der Waals surface area contributed by atoms with Crippen LogP contribution in [0, 0.1) is 0 Å². The lowest BCUT2D eigenvalue weighted by molar-refractivity contribution is -0.129. The first-order valence-electron chi connectivity index (χ1n) is 10.5. The average molecular weight is 460 g/mol. The highest BCUT2D eigenvalue weighted by molar-refractivity contribution is 8.15. The monoisotopic (exact) mass is 459 g/mol. The zero-order chi connectivity index (χ0) is 22.6. The van der Waals surface area contributed by atoms with E-state index in [0.717, 1.165) is 5.56 Å². The van der Waals surface area contributed by atoms with E-state index in [9.17, 15) is 9.59 Å². The molecule has 1 unspecified atom stereocenters. The van der Waals surface area contributed by atoms with Crippen molar-refractivity contribution in [2.75, 3.05) is 12.1 Å². The first-order valence-corrected chi connectivity index (χ1v) is 11.4. The van der Waals surface area contributed by atoms with Crippen molar-refractivity contribution < 1.29 is 19.1 Å². The minimum absolute atomic E-state index is 0.0850. The summed E-state index contributed by atoms with van der Waals surface area (Å²) in [7, 11) is 0. The second-order valence-corrected chi connectivity index (χ2v) is 8.73. The molecule has 0 bridgehead atoms. The molecular formula is C25H21N3O4S. The van der Waals surface area contributed by atoms with Gasteiger partial charge in [0.25, 0.3) is 0 Å². The van der Waals surface area contributed by atoms with Crippen LogP contribution in [0.5, 0.6) is 11.5 Å². The fourth-order valence-corrected chi connectivity index (χ4v) is 4.67. The number of carbonyl (C=O) groups excluding carboxylic acids is 2. The van der Waals surface area contributed by atoms with Crippen molar-refractivity contribution in [3.63, 3.8) is 0 Å². The Morgan fingerprint density at radius 1 is 1.00 bits per heavy atom. The molecule has 2 amide bonds. The molecule has 2 aliphatic heterocycles. The Hall–Kier alpha value is -3.78. The van der Waals surface area contributed by atoms with Crippen LogP contribution in [0.2, 0.25) is 0 Å². The molecule has 5 rings (SSSR count). The molecule has 1 fully saturated rings. The number of fused-ring (bicyclic) bond motifs is 1. The normalized spacial score (nSPS) is 18.4. The van der Waals surface area contributed by atoms with Gasteiger partial charge in [-0.2, -0.15) is 0 Å². The second kappa shape index (κ2) is 9.38. The predicted octanol–water partition coefficient (Wildman–Crippen LogP) is 4.58. The first-order chi connectivity index (χ1) is 16.2. The lowest BCUT2D eigenvalue weighted by atomic mass is 10.1. The molecule has 1 atom stereocenters. The molecule has 166 valence electrons. The van der Waals surface area contributed by atoms with Crippen LogP contribution in [0.4, 0.5) is 11.4 Å². The summed E-state index contributed by atoms with van der Waals surface area (Å²) in [6, 6.07) is 24.2.